The van der Waals surface area contributed by atoms with E-state index in [4.69, 9.17) is 9.47 Å². The second-order valence-corrected chi connectivity index (χ2v) is 10.4. The zero-order valence-corrected chi connectivity index (χ0v) is 22.3. The second kappa shape index (κ2) is 11.5. The molecule has 0 N–H and O–H groups in total. The van der Waals surface area contributed by atoms with Gasteiger partial charge in [0.1, 0.15) is 12.4 Å². The van der Waals surface area contributed by atoms with Gasteiger partial charge in [0.2, 0.25) is 11.8 Å². The van der Waals surface area contributed by atoms with Crippen LogP contribution < -0.4 is 16.0 Å². The molecule has 1 aliphatic heterocycles. The molecule has 0 bridgehead atoms. The van der Waals surface area contributed by atoms with Crippen molar-refractivity contribution in [3.05, 3.63) is 39.0 Å². The fourth-order valence-electron chi connectivity index (χ4n) is 5.40. The number of fused-ring (bicyclic) bond motifs is 1. The van der Waals surface area contributed by atoms with Crippen molar-refractivity contribution >= 4 is 22.7 Å². The first-order valence-electron chi connectivity index (χ1n) is 13.1. The third-order valence-electron chi connectivity index (χ3n) is 7.68. The molecule has 2 aliphatic rings. The molecule has 2 amide bonds. The van der Waals surface area contributed by atoms with Gasteiger partial charge in [0.15, 0.2) is 0 Å². The minimum absolute atomic E-state index is 0.00772. The first-order valence-corrected chi connectivity index (χ1v) is 13.1. The zero-order chi connectivity index (χ0) is 26.7. The van der Waals surface area contributed by atoms with E-state index in [-0.39, 0.29) is 47.6 Å². The van der Waals surface area contributed by atoms with Crippen molar-refractivity contribution < 1.29 is 19.1 Å². The van der Waals surface area contributed by atoms with Gasteiger partial charge in [-0.2, -0.15) is 0 Å². The van der Waals surface area contributed by atoms with Crippen molar-refractivity contribution in [3.8, 4) is 5.75 Å². The number of ether oxygens (including phenoxy) is 2. The predicted octanol–water partition coefficient (Wildman–Crippen LogP) is 1.61. The molecule has 10 heteroatoms. The number of rotatable bonds is 7. The van der Waals surface area contributed by atoms with E-state index in [1.54, 1.807) is 37.3 Å². The number of aromatic nitrogens is 2. The van der Waals surface area contributed by atoms with E-state index in [0.717, 1.165) is 25.7 Å². The van der Waals surface area contributed by atoms with Crippen LogP contribution in [0.1, 0.15) is 39.5 Å². The summed E-state index contributed by atoms with van der Waals surface area (Å²) >= 11 is 0. The van der Waals surface area contributed by atoms with Crippen LogP contribution in [-0.2, 0) is 27.9 Å². The first-order chi connectivity index (χ1) is 17.7. The Kier molecular flexibility index (Phi) is 8.36. The number of nitrogens with zero attached hydrogens (tertiary/aromatic N) is 4. The fraction of sp³-hybridized carbons (Fsp3) is 0.630. The molecule has 2 fully saturated rings. The van der Waals surface area contributed by atoms with Crippen LogP contribution >= 0.6 is 0 Å². The van der Waals surface area contributed by atoms with Crippen LogP contribution in [0, 0.1) is 11.8 Å². The molecule has 1 aliphatic carbocycles. The monoisotopic (exact) mass is 514 g/mol. The molecule has 2 aromatic rings. The molecule has 0 spiro atoms. The van der Waals surface area contributed by atoms with E-state index < -0.39 is 0 Å². The fourth-order valence-corrected chi connectivity index (χ4v) is 5.40. The van der Waals surface area contributed by atoms with Gasteiger partial charge in [-0.05, 0) is 63.6 Å². The van der Waals surface area contributed by atoms with E-state index in [2.05, 4.69) is 0 Å². The molecule has 1 saturated carbocycles. The summed E-state index contributed by atoms with van der Waals surface area (Å²) in [5, 5.41) is 0.457. The molecule has 0 atom stereocenters. The number of amides is 2. The molecule has 0 radical (unpaired) electrons. The van der Waals surface area contributed by atoms with Crippen molar-refractivity contribution in [1.82, 2.24) is 18.9 Å². The van der Waals surface area contributed by atoms with E-state index >= 15 is 0 Å². The highest BCUT2D eigenvalue weighted by Crippen LogP contribution is 2.31. The molecule has 37 heavy (non-hydrogen) atoms. The van der Waals surface area contributed by atoms with Gasteiger partial charge in [0.05, 0.1) is 24.1 Å². The Morgan fingerprint density at radius 3 is 2.27 bits per heavy atom. The van der Waals surface area contributed by atoms with Gasteiger partial charge in [0, 0.05) is 45.7 Å². The van der Waals surface area contributed by atoms with E-state index in [9.17, 15) is 19.2 Å². The quantitative estimate of drug-likeness (QED) is 0.556. The minimum atomic E-state index is -0.327. The Balaban J connectivity index is 1.33. The van der Waals surface area contributed by atoms with E-state index in [1.807, 2.05) is 18.7 Å². The van der Waals surface area contributed by atoms with E-state index in [1.165, 1.54) is 9.13 Å². The van der Waals surface area contributed by atoms with Gasteiger partial charge in [0.25, 0.3) is 5.56 Å². The lowest BCUT2D eigenvalue weighted by Gasteiger charge is -2.38. The summed E-state index contributed by atoms with van der Waals surface area (Å²) in [6, 6.07) is 5.14. The van der Waals surface area contributed by atoms with Crippen LogP contribution in [0.15, 0.2) is 27.8 Å². The lowest BCUT2D eigenvalue weighted by Crippen LogP contribution is -2.53. The number of carbonyl (C=O) groups excluding carboxylic acids is 2. The molecule has 10 nitrogen and oxygen atoms in total. The van der Waals surface area contributed by atoms with Crippen LogP contribution in [0.5, 0.6) is 5.75 Å². The molecular formula is C27H38N4O6. The largest absolute Gasteiger partial charge is 0.497 e. The Morgan fingerprint density at radius 2 is 1.65 bits per heavy atom. The van der Waals surface area contributed by atoms with Crippen molar-refractivity contribution in [2.45, 2.75) is 52.2 Å². The number of piperazine rings is 1. The summed E-state index contributed by atoms with van der Waals surface area (Å²) in [5.41, 5.74) is -0.0518. The maximum Gasteiger partial charge on any atom is 0.331 e. The van der Waals surface area contributed by atoms with Crippen LogP contribution in [0.3, 0.4) is 0 Å². The van der Waals surface area contributed by atoms with Crippen LogP contribution in [-0.4, -0.2) is 76.7 Å². The average molecular weight is 515 g/mol. The third kappa shape index (κ3) is 5.89. The minimum Gasteiger partial charge on any atom is -0.497 e. The topological polar surface area (TPSA) is 103 Å². The molecule has 1 aromatic carbocycles. The van der Waals surface area contributed by atoms with Crippen LogP contribution in [0.25, 0.3) is 10.9 Å². The molecule has 0 unspecified atom stereocenters. The maximum atomic E-state index is 13.2. The van der Waals surface area contributed by atoms with Gasteiger partial charge in [-0.25, -0.2) is 4.79 Å². The number of hydrogen-bond donors (Lipinski definition) is 0. The van der Waals surface area contributed by atoms with Gasteiger partial charge >= 0.3 is 5.69 Å². The summed E-state index contributed by atoms with van der Waals surface area (Å²) < 4.78 is 13.5. The molecular weight excluding hydrogens is 476 g/mol. The van der Waals surface area contributed by atoms with E-state index in [0.29, 0.717) is 49.4 Å². The van der Waals surface area contributed by atoms with Crippen molar-refractivity contribution in [1.29, 1.82) is 0 Å². The maximum absolute atomic E-state index is 13.2. The summed E-state index contributed by atoms with van der Waals surface area (Å²) in [6.07, 6.45) is 3.05. The number of hydrogen-bond acceptors (Lipinski definition) is 6. The summed E-state index contributed by atoms with van der Waals surface area (Å²) in [7, 11) is 3.22. The predicted molar refractivity (Wildman–Crippen MR) is 140 cm³/mol. The smallest absolute Gasteiger partial charge is 0.331 e. The molecule has 2 heterocycles. The van der Waals surface area contributed by atoms with Gasteiger partial charge < -0.3 is 19.3 Å². The number of carbonyl (C=O) groups is 2. The summed E-state index contributed by atoms with van der Waals surface area (Å²) in [6.45, 7) is 6.36. The summed E-state index contributed by atoms with van der Waals surface area (Å²) in [4.78, 5) is 55.2. The number of benzene rings is 1. The molecule has 1 saturated heterocycles. The van der Waals surface area contributed by atoms with Crippen LogP contribution in [0.2, 0.25) is 0 Å². The number of aryl methyl sites for hydroxylation is 1. The van der Waals surface area contributed by atoms with Gasteiger partial charge in [-0.15, -0.1) is 0 Å². The van der Waals surface area contributed by atoms with Crippen molar-refractivity contribution in [2.75, 3.05) is 39.9 Å². The lowest BCUT2D eigenvalue weighted by atomic mass is 9.81. The van der Waals surface area contributed by atoms with Gasteiger partial charge in [-0.1, -0.05) is 0 Å². The van der Waals surface area contributed by atoms with Crippen molar-refractivity contribution in [3.63, 3.8) is 0 Å². The van der Waals surface area contributed by atoms with Gasteiger partial charge in [-0.3, -0.25) is 23.5 Å². The molecule has 4 rings (SSSR count). The summed E-state index contributed by atoms with van der Waals surface area (Å²) in [5.74, 6) is 0.795. The second-order valence-electron chi connectivity index (χ2n) is 10.4. The Bertz CT molecular complexity index is 1250. The SMILES string of the molecule is COc1ccc2c(c1)c(=O)n(C[C@H]1CC[C@H](C(=O)N3CCN(C(=O)COC(C)C)CC3)CC1)c(=O)n2C. The highest BCUT2D eigenvalue weighted by Gasteiger charge is 2.32. The highest BCUT2D eigenvalue weighted by molar-refractivity contribution is 5.81. The lowest BCUT2D eigenvalue weighted by molar-refractivity contribution is -0.145. The average Bonchev–Trinajstić information content (AvgIpc) is 2.92. The normalized spacial score (nSPS) is 20.5. The Hall–Kier alpha value is -3.14. The Morgan fingerprint density at radius 1 is 1.00 bits per heavy atom. The highest BCUT2D eigenvalue weighted by atomic mass is 16.5. The number of methoxy groups -OCH3 is 1. The third-order valence-corrected chi connectivity index (χ3v) is 7.68. The molecule has 1 aromatic heterocycles. The first kappa shape index (κ1) is 26.9. The molecule has 202 valence electrons. The Labute approximate surface area is 216 Å². The van der Waals surface area contributed by atoms with Crippen LogP contribution in [0.4, 0.5) is 0 Å². The van der Waals surface area contributed by atoms with Crippen molar-refractivity contribution in [2.24, 2.45) is 18.9 Å². The zero-order valence-electron chi connectivity index (χ0n) is 22.3. The standard InChI is InChI=1S/C27H38N4O6/c1-18(2)37-17-24(32)29-11-13-30(14-12-29)25(33)20-7-5-19(6-8-20)16-31-26(34)22-15-21(36-4)9-10-23(22)28(3)27(31)35/h9-10,15,18-20H,5-8,11-14,16-17H2,1-4H3/t19-,20-.